The molecule has 0 radical (unpaired) electrons. The van der Waals surface area contributed by atoms with E-state index >= 15 is 0 Å². The lowest BCUT2D eigenvalue weighted by Crippen LogP contribution is -2.08. The van der Waals surface area contributed by atoms with Gasteiger partial charge in [-0.3, -0.25) is 0 Å². The highest BCUT2D eigenvalue weighted by Gasteiger charge is 2.36. The van der Waals surface area contributed by atoms with Crippen LogP contribution in [0.2, 0.25) is 0 Å². The highest BCUT2D eigenvalue weighted by Crippen LogP contribution is 2.39. The number of aromatic nitrogens is 3. The largest absolute Gasteiger partial charge is 0.417 e. The summed E-state index contributed by atoms with van der Waals surface area (Å²) in [4.78, 5) is 5.24. The zero-order chi connectivity index (χ0) is 19.3. The van der Waals surface area contributed by atoms with Crippen molar-refractivity contribution < 1.29 is 13.2 Å². The van der Waals surface area contributed by atoms with Gasteiger partial charge in [0.1, 0.15) is 0 Å². The third-order valence-corrected chi connectivity index (χ3v) is 5.52. The van der Waals surface area contributed by atoms with Crippen molar-refractivity contribution in [2.75, 3.05) is 0 Å². The van der Waals surface area contributed by atoms with Crippen LogP contribution in [0.15, 0.2) is 41.8 Å². The van der Waals surface area contributed by atoms with Gasteiger partial charge in [0.15, 0.2) is 5.65 Å². The van der Waals surface area contributed by atoms with Gasteiger partial charge in [-0.05, 0) is 61.5 Å². The Bertz CT molecular complexity index is 1140. The summed E-state index contributed by atoms with van der Waals surface area (Å²) in [5, 5.41) is 6.25. The molecule has 0 atom stereocenters. The predicted octanol–water partition coefficient (Wildman–Crippen LogP) is 6.09. The van der Waals surface area contributed by atoms with Crippen LogP contribution >= 0.6 is 11.3 Å². The van der Waals surface area contributed by atoms with E-state index < -0.39 is 11.7 Å². The molecule has 0 spiro atoms. The number of fused-ring (bicyclic) bond motifs is 1. The molecule has 0 aliphatic rings. The quantitative estimate of drug-likeness (QED) is 0.416. The van der Waals surface area contributed by atoms with Crippen LogP contribution in [0, 0.1) is 20.8 Å². The highest BCUT2D eigenvalue weighted by molar-refractivity contribution is 7.13. The molecule has 0 saturated heterocycles. The maximum absolute atomic E-state index is 13.8. The molecule has 7 heteroatoms. The fraction of sp³-hybridized carbons (Fsp3) is 0.200. The van der Waals surface area contributed by atoms with Gasteiger partial charge in [-0.2, -0.15) is 18.3 Å². The number of nitrogens with zero attached hydrogens (tertiary/aromatic N) is 3. The van der Waals surface area contributed by atoms with Crippen LogP contribution in [0.4, 0.5) is 13.2 Å². The van der Waals surface area contributed by atoms with E-state index in [2.05, 4.69) is 10.1 Å². The smallest absolute Gasteiger partial charge is 0.227 e. The fourth-order valence-corrected chi connectivity index (χ4v) is 3.79. The molecule has 27 heavy (non-hydrogen) atoms. The van der Waals surface area contributed by atoms with Crippen molar-refractivity contribution in [3.05, 3.63) is 64.2 Å². The second-order valence-corrected chi connectivity index (χ2v) is 7.44. The SMILES string of the molecule is Cc1ccc(-n2nc(C)c3c(C(F)(F)F)cc(-c4cccs4)nc32)cc1C. The lowest BCUT2D eigenvalue weighted by Gasteiger charge is -2.11. The molecule has 0 saturated carbocycles. The van der Waals surface area contributed by atoms with E-state index in [-0.39, 0.29) is 11.0 Å². The van der Waals surface area contributed by atoms with Crippen molar-refractivity contribution in [2.24, 2.45) is 0 Å². The lowest BCUT2D eigenvalue weighted by molar-refractivity contribution is -0.136. The summed E-state index contributed by atoms with van der Waals surface area (Å²) in [5.41, 5.74) is 2.96. The number of halogens is 3. The predicted molar refractivity (Wildman–Crippen MR) is 101 cm³/mol. The Balaban J connectivity index is 2.07. The van der Waals surface area contributed by atoms with Crippen molar-refractivity contribution >= 4 is 22.4 Å². The number of thiophene rings is 1. The first-order valence-electron chi connectivity index (χ1n) is 8.35. The van der Waals surface area contributed by atoms with Crippen LogP contribution < -0.4 is 0 Å². The van der Waals surface area contributed by atoms with E-state index in [0.29, 0.717) is 22.0 Å². The van der Waals surface area contributed by atoms with E-state index in [9.17, 15) is 13.2 Å². The zero-order valence-corrected chi connectivity index (χ0v) is 15.7. The Hall–Kier alpha value is -2.67. The molecule has 138 valence electrons. The van der Waals surface area contributed by atoms with Crippen LogP contribution in [0.25, 0.3) is 27.3 Å². The molecule has 0 bridgehead atoms. The summed E-state index contributed by atoms with van der Waals surface area (Å²) in [6, 6.07) is 10.4. The molecule has 0 aliphatic heterocycles. The van der Waals surface area contributed by atoms with Crippen molar-refractivity contribution in [1.29, 1.82) is 0 Å². The Kier molecular flexibility index (Phi) is 4.07. The van der Waals surface area contributed by atoms with Crippen molar-refractivity contribution in [3.8, 4) is 16.3 Å². The number of alkyl halides is 3. The minimum atomic E-state index is -4.49. The number of hydrogen-bond acceptors (Lipinski definition) is 3. The Labute approximate surface area is 158 Å². The van der Waals surface area contributed by atoms with Gasteiger partial charge in [-0.15, -0.1) is 11.3 Å². The summed E-state index contributed by atoms with van der Waals surface area (Å²) in [6.45, 7) is 5.53. The van der Waals surface area contributed by atoms with Gasteiger partial charge in [0.25, 0.3) is 0 Å². The van der Waals surface area contributed by atoms with Gasteiger partial charge in [-0.25, -0.2) is 9.67 Å². The fourth-order valence-electron chi connectivity index (χ4n) is 3.10. The molecule has 0 unspecified atom stereocenters. The molecule has 0 amide bonds. The number of pyridine rings is 1. The van der Waals surface area contributed by atoms with E-state index in [1.54, 1.807) is 19.1 Å². The van der Waals surface area contributed by atoms with Crippen LogP contribution in [-0.4, -0.2) is 14.8 Å². The van der Waals surface area contributed by atoms with E-state index in [1.807, 2.05) is 37.4 Å². The van der Waals surface area contributed by atoms with Gasteiger partial charge < -0.3 is 0 Å². The van der Waals surface area contributed by atoms with Crippen LogP contribution in [0.3, 0.4) is 0 Å². The van der Waals surface area contributed by atoms with Crippen LogP contribution in [0.1, 0.15) is 22.4 Å². The van der Waals surface area contributed by atoms with E-state index in [1.165, 1.54) is 16.0 Å². The first kappa shape index (κ1) is 17.7. The standard InChI is InChI=1S/C20H16F3N3S/c1-11-6-7-14(9-12(11)2)26-19-18(13(3)25-26)15(20(21,22)23)10-16(24-19)17-5-4-8-27-17/h4-10H,1-3H3. The summed E-state index contributed by atoms with van der Waals surface area (Å²) in [5.74, 6) is 0. The Morgan fingerprint density at radius 3 is 2.41 bits per heavy atom. The second-order valence-electron chi connectivity index (χ2n) is 6.49. The van der Waals surface area contributed by atoms with E-state index in [4.69, 9.17) is 0 Å². The molecule has 0 fully saturated rings. The average molecular weight is 387 g/mol. The van der Waals surface area contributed by atoms with E-state index in [0.717, 1.165) is 17.2 Å². The lowest BCUT2D eigenvalue weighted by atomic mass is 10.1. The molecule has 1 aromatic carbocycles. The summed E-state index contributed by atoms with van der Waals surface area (Å²) >= 11 is 1.36. The summed E-state index contributed by atoms with van der Waals surface area (Å²) in [6.07, 6.45) is -4.49. The molecule has 3 aromatic heterocycles. The van der Waals surface area contributed by atoms with Gasteiger partial charge in [0, 0.05) is 0 Å². The number of aryl methyl sites for hydroxylation is 3. The third kappa shape index (κ3) is 3.02. The average Bonchev–Trinajstić information content (AvgIpc) is 3.24. The van der Waals surface area contributed by atoms with Gasteiger partial charge >= 0.3 is 6.18 Å². The zero-order valence-electron chi connectivity index (χ0n) is 14.9. The molecule has 3 nitrogen and oxygen atoms in total. The molecule has 0 aliphatic carbocycles. The summed E-state index contributed by atoms with van der Waals surface area (Å²) in [7, 11) is 0. The van der Waals surface area contributed by atoms with Gasteiger partial charge in [0.2, 0.25) is 0 Å². The maximum atomic E-state index is 13.8. The Morgan fingerprint density at radius 2 is 1.78 bits per heavy atom. The Morgan fingerprint density at radius 1 is 1.00 bits per heavy atom. The van der Waals surface area contributed by atoms with Crippen LogP contribution in [-0.2, 0) is 6.18 Å². The topological polar surface area (TPSA) is 30.7 Å². The first-order chi connectivity index (χ1) is 12.8. The second kappa shape index (κ2) is 6.20. The highest BCUT2D eigenvalue weighted by atomic mass is 32.1. The minimum Gasteiger partial charge on any atom is -0.227 e. The monoisotopic (exact) mass is 387 g/mol. The number of hydrogen-bond donors (Lipinski definition) is 0. The molecule has 4 aromatic rings. The third-order valence-electron chi connectivity index (χ3n) is 4.63. The van der Waals surface area contributed by atoms with Crippen molar-refractivity contribution in [2.45, 2.75) is 26.9 Å². The minimum absolute atomic E-state index is 0.0426. The van der Waals surface area contributed by atoms with Gasteiger partial charge in [-0.1, -0.05) is 12.1 Å². The first-order valence-corrected chi connectivity index (χ1v) is 9.23. The number of rotatable bonds is 2. The normalized spacial score (nSPS) is 12.1. The van der Waals surface area contributed by atoms with Crippen LogP contribution in [0.5, 0.6) is 0 Å². The van der Waals surface area contributed by atoms with Gasteiger partial charge in [0.05, 0.1) is 32.9 Å². The maximum Gasteiger partial charge on any atom is 0.417 e. The van der Waals surface area contributed by atoms with Crippen molar-refractivity contribution in [1.82, 2.24) is 14.8 Å². The number of benzene rings is 1. The van der Waals surface area contributed by atoms with Crippen molar-refractivity contribution in [3.63, 3.8) is 0 Å². The molecule has 4 rings (SSSR count). The molecular formula is C20H16F3N3S. The molecular weight excluding hydrogens is 371 g/mol. The molecule has 3 heterocycles. The summed E-state index contributed by atoms with van der Waals surface area (Å²) < 4.78 is 42.9. The molecule has 0 N–H and O–H groups in total.